The number of nitrogen functional groups attached to an aromatic ring is 1. The van der Waals surface area contributed by atoms with Crippen LogP contribution < -0.4 is 10.6 Å². The highest BCUT2D eigenvalue weighted by Crippen LogP contribution is 2.22. The van der Waals surface area contributed by atoms with Gasteiger partial charge in [-0.05, 0) is 48.0 Å². The zero-order chi connectivity index (χ0) is 14.7. The second-order valence-electron chi connectivity index (χ2n) is 4.55. The molecule has 2 aromatic rings. The number of nitrogens with two attached hydrogens (primary N) is 1. The molecule has 0 saturated carbocycles. The van der Waals surface area contributed by atoms with Crippen LogP contribution in [0.1, 0.15) is 11.1 Å². The third-order valence-electron chi connectivity index (χ3n) is 3.03. The number of nitrogens with zero attached hydrogens (tertiary/aromatic N) is 1. The monoisotopic (exact) mass is 291 g/mol. The lowest BCUT2D eigenvalue weighted by Gasteiger charge is -2.20. The van der Waals surface area contributed by atoms with Gasteiger partial charge in [0.1, 0.15) is 11.7 Å². The van der Waals surface area contributed by atoms with Crippen molar-refractivity contribution in [1.82, 2.24) is 0 Å². The molecule has 0 aliphatic heterocycles. The van der Waals surface area contributed by atoms with Gasteiger partial charge in [0.2, 0.25) is 0 Å². The van der Waals surface area contributed by atoms with Crippen LogP contribution in [0.2, 0.25) is 5.02 Å². The van der Waals surface area contributed by atoms with Gasteiger partial charge >= 0.3 is 0 Å². The van der Waals surface area contributed by atoms with Crippen LogP contribution in [0.4, 0.5) is 10.1 Å². The number of hydrogen-bond donors (Lipinski definition) is 2. The van der Waals surface area contributed by atoms with Crippen LogP contribution in [0.3, 0.4) is 0 Å². The number of nitrogens with one attached hydrogen (secondary N) is 1. The highest BCUT2D eigenvalue weighted by atomic mass is 35.5. The molecule has 0 aliphatic rings. The molecule has 5 heteroatoms. The molecule has 20 heavy (non-hydrogen) atoms. The van der Waals surface area contributed by atoms with Crippen molar-refractivity contribution in [3.05, 3.63) is 64.4 Å². The minimum Gasteiger partial charge on any atom is -0.384 e. The molecule has 2 rings (SSSR count). The van der Waals surface area contributed by atoms with Crippen molar-refractivity contribution >= 4 is 23.1 Å². The van der Waals surface area contributed by atoms with Crippen LogP contribution in [-0.2, 0) is 6.54 Å². The van der Waals surface area contributed by atoms with E-state index in [1.165, 1.54) is 12.1 Å². The summed E-state index contributed by atoms with van der Waals surface area (Å²) >= 11 is 6.06. The number of anilines is 1. The fourth-order valence-electron chi connectivity index (χ4n) is 1.91. The van der Waals surface area contributed by atoms with Gasteiger partial charge < -0.3 is 10.6 Å². The van der Waals surface area contributed by atoms with Gasteiger partial charge in [0.05, 0.1) is 0 Å². The highest BCUT2D eigenvalue weighted by molar-refractivity contribution is 6.31. The quantitative estimate of drug-likeness (QED) is 0.670. The van der Waals surface area contributed by atoms with Crippen LogP contribution in [-0.4, -0.2) is 12.9 Å². The van der Waals surface area contributed by atoms with Crippen molar-refractivity contribution in [2.45, 2.75) is 6.54 Å². The van der Waals surface area contributed by atoms with Crippen LogP contribution >= 0.6 is 11.6 Å². The van der Waals surface area contributed by atoms with E-state index in [1.54, 1.807) is 18.2 Å². The lowest BCUT2D eigenvalue weighted by molar-refractivity contribution is 0.625. The van der Waals surface area contributed by atoms with Crippen LogP contribution in [0.5, 0.6) is 0 Å². The maximum Gasteiger partial charge on any atom is 0.123 e. The molecular formula is C15H15ClFN3. The molecule has 0 heterocycles. The zero-order valence-electron chi connectivity index (χ0n) is 11.0. The van der Waals surface area contributed by atoms with Gasteiger partial charge in [-0.1, -0.05) is 11.6 Å². The van der Waals surface area contributed by atoms with Gasteiger partial charge in [0.15, 0.2) is 0 Å². The predicted molar refractivity (Wildman–Crippen MR) is 81.0 cm³/mol. The van der Waals surface area contributed by atoms with Crippen molar-refractivity contribution in [3.8, 4) is 0 Å². The Morgan fingerprint density at radius 3 is 2.50 bits per heavy atom. The van der Waals surface area contributed by atoms with Crippen LogP contribution in [0.15, 0.2) is 42.5 Å². The van der Waals surface area contributed by atoms with Crippen molar-refractivity contribution < 1.29 is 4.39 Å². The fraction of sp³-hybridized carbons (Fsp3) is 0.133. The number of amidine groups is 1. The molecule has 0 amide bonds. The first kappa shape index (κ1) is 14.3. The maximum atomic E-state index is 13.2. The highest BCUT2D eigenvalue weighted by Gasteiger charge is 2.07. The number of rotatable bonds is 4. The first-order valence-electron chi connectivity index (χ1n) is 6.07. The molecule has 0 bridgehead atoms. The second kappa shape index (κ2) is 5.92. The molecule has 0 spiro atoms. The number of hydrogen-bond acceptors (Lipinski definition) is 2. The van der Waals surface area contributed by atoms with E-state index in [2.05, 4.69) is 0 Å². The van der Waals surface area contributed by atoms with Gasteiger partial charge in [-0.25, -0.2) is 4.39 Å². The minimum atomic E-state index is -0.301. The summed E-state index contributed by atoms with van der Waals surface area (Å²) in [4.78, 5) is 1.95. The Hall–Kier alpha value is -2.07. The van der Waals surface area contributed by atoms with Crippen molar-refractivity contribution in [2.75, 3.05) is 11.9 Å². The minimum absolute atomic E-state index is 0.0346. The van der Waals surface area contributed by atoms with E-state index in [4.69, 9.17) is 22.7 Å². The summed E-state index contributed by atoms with van der Waals surface area (Å²) in [5, 5.41) is 7.89. The summed E-state index contributed by atoms with van der Waals surface area (Å²) < 4.78 is 13.2. The lowest BCUT2D eigenvalue weighted by atomic mass is 10.1. The van der Waals surface area contributed by atoms with Crippen molar-refractivity contribution in [3.63, 3.8) is 0 Å². The molecule has 104 valence electrons. The largest absolute Gasteiger partial charge is 0.384 e. The first-order chi connectivity index (χ1) is 9.47. The zero-order valence-corrected chi connectivity index (χ0v) is 11.8. The average molecular weight is 292 g/mol. The van der Waals surface area contributed by atoms with E-state index in [9.17, 15) is 4.39 Å². The number of halogens is 2. The molecule has 2 aromatic carbocycles. The van der Waals surface area contributed by atoms with E-state index in [0.717, 1.165) is 11.3 Å². The summed E-state index contributed by atoms with van der Waals surface area (Å²) in [5.74, 6) is -0.267. The second-order valence-corrected chi connectivity index (χ2v) is 4.96. The Balaban J connectivity index is 2.17. The summed E-state index contributed by atoms with van der Waals surface area (Å²) in [6, 6.07) is 11.6. The molecule has 0 aliphatic carbocycles. The average Bonchev–Trinajstić information content (AvgIpc) is 2.43. The topological polar surface area (TPSA) is 53.1 Å². The van der Waals surface area contributed by atoms with Gasteiger partial charge in [-0.3, -0.25) is 5.41 Å². The first-order valence-corrected chi connectivity index (χ1v) is 6.44. The van der Waals surface area contributed by atoms with E-state index < -0.39 is 0 Å². The van der Waals surface area contributed by atoms with Gasteiger partial charge in [-0.15, -0.1) is 0 Å². The summed E-state index contributed by atoms with van der Waals surface area (Å²) in [6.07, 6.45) is 0. The van der Waals surface area contributed by atoms with Crippen molar-refractivity contribution in [2.24, 2.45) is 5.73 Å². The Morgan fingerprint density at radius 1 is 1.25 bits per heavy atom. The van der Waals surface area contributed by atoms with Crippen LogP contribution in [0.25, 0.3) is 0 Å². The SMILES string of the molecule is CN(Cc1cc(F)ccc1Cl)c1ccc(C(=N)N)cc1. The third kappa shape index (κ3) is 3.27. The molecule has 0 fully saturated rings. The standard InChI is InChI=1S/C15H15ClFN3/c1-20(9-11-8-12(17)4-7-14(11)16)13-5-2-10(3-6-13)15(18)19/h2-8H,9H2,1H3,(H3,18,19). The molecule has 0 aromatic heterocycles. The number of benzene rings is 2. The Labute approximate surface area is 122 Å². The smallest absolute Gasteiger partial charge is 0.123 e. The van der Waals surface area contributed by atoms with E-state index in [-0.39, 0.29) is 11.7 Å². The van der Waals surface area contributed by atoms with Gasteiger partial charge in [0, 0.05) is 29.9 Å². The summed E-state index contributed by atoms with van der Waals surface area (Å²) in [7, 11) is 1.89. The van der Waals surface area contributed by atoms with Crippen LogP contribution in [0, 0.1) is 11.2 Å². The summed E-state index contributed by atoms with van der Waals surface area (Å²) in [6.45, 7) is 0.496. The van der Waals surface area contributed by atoms with Gasteiger partial charge in [0.25, 0.3) is 0 Å². The third-order valence-corrected chi connectivity index (χ3v) is 3.40. The Morgan fingerprint density at radius 2 is 1.90 bits per heavy atom. The molecule has 3 N–H and O–H groups in total. The maximum absolute atomic E-state index is 13.2. The lowest BCUT2D eigenvalue weighted by Crippen LogP contribution is -2.17. The van der Waals surface area contributed by atoms with E-state index >= 15 is 0 Å². The molecule has 0 unspecified atom stereocenters. The van der Waals surface area contributed by atoms with Gasteiger partial charge in [-0.2, -0.15) is 0 Å². The molecular weight excluding hydrogens is 277 g/mol. The fourth-order valence-corrected chi connectivity index (χ4v) is 2.08. The van der Waals surface area contributed by atoms with E-state index in [1.807, 2.05) is 24.1 Å². The van der Waals surface area contributed by atoms with Crippen molar-refractivity contribution in [1.29, 1.82) is 5.41 Å². The molecule has 0 saturated heterocycles. The summed E-state index contributed by atoms with van der Waals surface area (Å²) in [5.41, 5.74) is 7.75. The predicted octanol–water partition coefficient (Wildman–Crippen LogP) is 3.40. The molecule has 0 atom stereocenters. The Kier molecular flexibility index (Phi) is 4.25. The molecule has 3 nitrogen and oxygen atoms in total. The van der Waals surface area contributed by atoms with E-state index in [0.29, 0.717) is 17.1 Å². The molecule has 0 radical (unpaired) electrons. The normalized spacial score (nSPS) is 10.3. The Bertz CT molecular complexity index is 626.